The Morgan fingerprint density at radius 2 is 1.69 bits per heavy atom. The maximum atomic E-state index is 13.4. The van der Waals surface area contributed by atoms with Crippen LogP contribution in [0.4, 0.5) is 5.69 Å². The summed E-state index contributed by atoms with van der Waals surface area (Å²) in [7, 11) is 0. The van der Waals surface area contributed by atoms with E-state index in [1.165, 1.54) is 4.90 Å². The number of amides is 3. The summed E-state index contributed by atoms with van der Waals surface area (Å²) in [5, 5.41) is 5.78. The number of fused-ring (bicyclic) bond motifs is 1. The predicted octanol–water partition coefficient (Wildman–Crippen LogP) is 5.04. The van der Waals surface area contributed by atoms with E-state index in [1.807, 2.05) is 72.8 Å². The van der Waals surface area contributed by atoms with E-state index >= 15 is 0 Å². The van der Waals surface area contributed by atoms with Gasteiger partial charge >= 0.3 is 0 Å². The summed E-state index contributed by atoms with van der Waals surface area (Å²) in [6.45, 7) is 0.356. The standard InChI is InChI=1S/C33H30N6O3/c40-30(35-25-16-17-26-29(20-25)37-31(36-26)27-10-4-6-18-34-27)21-39-19-7-5-11-28(33(39)42)38-32(41)24-14-12-23(13-15-24)22-8-2-1-3-9-22/h1-4,6,8-10,12-18,20,28H,5,7,11,19,21H2,(H,35,40)(H,36,37)(H,38,41). The van der Waals surface area contributed by atoms with Crippen LogP contribution in [0.1, 0.15) is 29.6 Å². The molecule has 6 rings (SSSR count). The summed E-state index contributed by atoms with van der Waals surface area (Å²) >= 11 is 0. The molecule has 3 amide bonds. The molecule has 5 aromatic rings. The lowest BCUT2D eigenvalue weighted by molar-refractivity contribution is -0.135. The minimum absolute atomic E-state index is 0.100. The van der Waals surface area contributed by atoms with Gasteiger partial charge in [0.15, 0.2) is 5.82 Å². The van der Waals surface area contributed by atoms with Crippen LogP contribution < -0.4 is 10.6 Å². The molecule has 1 aliphatic heterocycles. The summed E-state index contributed by atoms with van der Waals surface area (Å²) in [6.07, 6.45) is 3.77. The summed E-state index contributed by atoms with van der Waals surface area (Å²) in [5.41, 5.74) is 5.39. The molecule has 3 N–H and O–H groups in total. The SMILES string of the molecule is O=C(CN1CCCCC(NC(=O)c2ccc(-c3ccccc3)cc2)C1=O)Nc1ccc2nc(-c3ccccn3)[nH]c2c1. The van der Waals surface area contributed by atoms with Crippen LogP contribution in [-0.2, 0) is 9.59 Å². The van der Waals surface area contributed by atoms with Crippen LogP contribution in [0.25, 0.3) is 33.7 Å². The number of imidazole rings is 1. The van der Waals surface area contributed by atoms with Gasteiger partial charge in [0.2, 0.25) is 11.8 Å². The van der Waals surface area contributed by atoms with E-state index < -0.39 is 6.04 Å². The maximum absolute atomic E-state index is 13.4. The topological polar surface area (TPSA) is 120 Å². The molecule has 3 aromatic carbocycles. The summed E-state index contributed by atoms with van der Waals surface area (Å²) in [6, 6.07) is 27.6. The van der Waals surface area contributed by atoms with E-state index in [4.69, 9.17) is 0 Å². The number of hydrogen-bond acceptors (Lipinski definition) is 5. The number of hydrogen-bond donors (Lipinski definition) is 3. The lowest BCUT2D eigenvalue weighted by Gasteiger charge is -2.24. The molecule has 1 unspecified atom stereocenters. The molecule has 0 bridgehead atoms. The monoisotopic (exact) mass is 558 g/mol. The molecule has 1 fully saturated rings. The molecule has 9 nitrogen and oxygen atoms in total. The van der Waals surface area contributed by atoms with E-state index in [2.05, 4.69) is 25.6 Å². The van der Waals surface area contributed by atoms with Gasteiger partial charge in [-0.25, -0.2) is 4.98 Å². The molecule has 9 heteroatoms. The van der Waals surface area contributed by atoms with Crippen LogP contribution in [0.2, 0.25) is 0 Å². The number of benzene rings is 3. The highest BCUT2D eigenvalue weighted by Gasteiger charge is 2.29. The molecule has 0 aliphatic carbocycles. The minimum Gasteiger partial charge on any atom is -0.340 e. The van der Waals surface area contributed by atoms with Gasteiger partial charge < -0.3 is 20.5 Å². The van der Waals surface area contributed by atoms with Gasteiger partial charge in [0.25, 0.3) is 5.91 Å². The van der Waals surface area contributed by atoms with E-state index in [0.29, 0.717) is 30.0 Å². The Balaban J connectivity index is 1.08. The second-order valence-corrected chi connectivity index (χ2v) is 10.3. The maximum Gasteiger partial charge on any atom is 0.251 e. The fourth-order valence-corrected chi connectivity index (χ4v) is 5.17. The Hall–Kier alpha value is -5.31. The minimum atomic E-state index is -0.687. The van der Waals surface area contributed by atoms with Crippen molar-refractivity contribution in [2.45, 2.75) is 25.3 Å². The first-order chi connectivity index (χ1) is 20.5. The number of rotatable bonds is 7. The molecule has 42 heavy (non-hydrogen) atoms. The quantitative estimate of drug-likeness (QED) is 0.259. The zero-order valence-corrected chi connectivity index (χ0v) is 22.9. The molecule has 3 heterocycles. The molecular weight excluding hydrogens is 528 g/mol. The number of aromatic amines is 1. The molecule has 1 atom stereocenters. The van der Waals surface area contributed by atoms with Crippen molar-refractivity contribution >= 4 is 34.4 Å². The second kappa shape index (κ2) is 12.1. The van der Waals surface area contributed by atoms with Crippen molar-refractivity contribution in [2.75, 3.05) is 18.4 Å². The molecule has 1 saturated heterocycles. The van der Waals surface area contributed by atoms with Gasteiger partial charge in [0, 0.05) is 24.0 Å². The third-order valence-corrected chi connectivity index (χ3v) is 7.35. The summed E-state index contributed by atoms with van der Waals surface area (Å²) in [5.74, 6) is -0.224. The van der Waals surface area contributed by atoms with Gasteiger partial charge in [-0.15, -0.1) is 0 Å². The largest absolute Gasteiger partial charge is 0.340 e. The number of anilines is 1. The van der Waals surface area contributed by atoms with Crippen molar-refractivity contribution in [3.63, 3.8) is 0 Å². The normalized spacial score (nSPS) is 15.3. The number of nitrogens with one attached hydrogen (secondary N) is 3. The zero-order chi connectivity index (χ0) is 28.9. The van der Waals surface area contributed by atoms with Gasteiger partial charge in [-0.3, -0.25) is 19.4 Å². The van der Waals surface area contributed by atoms with Crippen molar-refractivity contribution in [2.24, 2.45) is 0 Å². The Kier molecular flexibility index (Phi) is 7.72. The Morgan fingerprint density at radius 3 is 2.48 bits per heavy atom. The molecule has 0 saturated carbocycles. The molecule has 2 aromatic heterocycles. The number of nitrogens with zero attached hydrogens (tertiary/aromatic N) is 3. The number of carbonyl (C=O) groups excluding carboxylic acids is 3. The van der Waals surface area contributed by atoms with Crippen LogP contribution in [0.3, 0.4) is 0 Å². The van der Waals surface area contributed by atoms with E-state index in [9.17, 15) is 14.4 Å². The van der Waals surface area contributed by atoms with E-state index in [1.54, 1.807) is 24.4 Å². The smallest absolute Gasteiger partial charge is 0.251 e. The van der Waals surface area contributed by atoms with Crippen molar-refractivity contribution in [1.29, 1.82) is 0 Å². The molecule has 210 valence electrons. The van der Waals surface area contributed by atoms with Gasteiger partial charge in [0.1, 0.15) is 11.7 Å². The van der Waals surface area contributed by atoms with Crippen molar-refractivity contribution in [3.8, 4) is 22.6 Å². The van der Waals surface area contributed by atoms with Crippen LogP contribution >= 0.6 is 0 Å². The molecule has 1 aliphatic rings. The average Bonchev–Trinajstić information content (AvgIpc) is 3.38. The molecule has 0 spiro atoms. The van der Waals surface area contributed by atoms with Gasteiger partial charge in [-0.05, 0) is 72.9 Å². The third kappa shape index (κ3) is 6.05. The highest BCUT2D eigenvalue weighted by molar-refractivity contribution is 6.00. The van der Waals surface area contributed by atoms with Crippen LogP contribution in [0, 0.1) is 0 Å². The van der Waals surface area contributed by atoms with E-state index in [0.717, 1.165) is 40.7 Å². The van der Waals surface area contributed by atoms with Crippen molar-refractivity contribution in [3.05, 3.63) is 103 Å². The Morgan fingerprint density at radius 1 is 0.905 bits per heavy atom. The number of H-pyrrole nitrogens is 1. The number of aromatic nitrogens is 3. The van der Waals surface area contributed by atoms with Crippen LogP contribution in [-0.4, -0.2) is 56.7 Å². The van der Waals surface area contributed by atoms with E-state index in [-0.39, 0.29) is 24.3 Å². The number of pyridine rings is 1. The van der Waals surface area contributed by atoms with Gasteiger partial charge in [-0.1, -0.05) is 48.5 Å². The average molecular weight is 559 g/mol. The van der Waals surface area contributed by atoms with Gasteiger partial charge in [0.05, 0.1) is 17.6 Å². The fraction of sp³-hybridized carbons (Fsp3) is 0.182. The first kappa shape index (κ1) is 26.9. The Bertz CT molecular complexity index is 1720. The highest BCUT2D eigenvalue weighted by atomic mass is 16.2. The van der Waals surface area contributed by atoms with Crippen molar-refractivity contribution in [1.82, 2.24) is 25.2 Å². The molecule has 0 radical (unpaired) electrons. The summed E-state index contributed by atoms with van der Waals surface area (Å²) < 4.78 is 0. The second-order valence-electron chi connectivity index (χ2n) is 10.3. The molecular formula is C33H30N6O3. The highest BCUT2D eigenvalue weighted by Crippen LogP contribution is 2.22. The zero-order valence-electron chi connectivity index (χ0n) is 22.9. The predicted molar refractivity (Wildman–Crippen MR) is 162 cm³/mol. The fourth-order valence-electron chi connectivity index (χ4n) is 5.17. The van der Waals surface area contributed by atoms with Crippen LogP contribution in [0.5, 0.6) is 0 Å². The number of carbonyl (C=O) groups is 3. The number of likely N-dealkylation sites (tertiary alicyclic amines) is 1. The lowest BCUT2D eigenvalue weighted by atomic mass is 10.0. The van der Waals surface area contributed by atoms with Crippen molar-refractivity contribution < 1.29 is 14.4 Å². The summed E-state index contributed by atoms with van der Waals surface area (Å²) in [4.78, 5) is 53.0. The van der Waals surface area contributed by atoms with Crippen LogP contribution in [0.15, 0.2) is 97.2 Å². The van der Waals surface area contributed by atoms with Gasteiger partial charge in [-0.2, -0.15) is 0 Å². The third-order valence-electron chi connectivity index (χ3n) is 7.35. The Labute approximate surface area is 243 Å². The first-order valence-electron chi connectivity index (χ1n) is 14.0. The first-order valence-corrected chi connectivity index (χ1v) is 14.0. The lowest BCUT2D eigenvalue weighted by Crippen LogP contribution is -2.49.